The highest BCUT2D eigenvalue weighted by atomic mass is 32.1. The van der Waals surface area contributed by atoms with E-state index >= 15 is 0 Å². The van der Waals surface area contributed by atoms with Crippen LogP contribution >= 0.6 is 11.3 Å². The molecule has 1 saturated heterocycles. The van der Waals surface area contributed by atoms with Crippen LogP contribution < -0.4 is 5.43 Å². The lowest BCUT2D eigenvalue weighted by Crippen LogP contribution is -2.39. The Kier molecular flexibility index (Phi) is 3.90. The molecule has 3 aromatic rings. The molecule has 1 atom stereocenters. The van der Waals surface area contributed by atoms with Gasteiger partial charge in [0.1, 0.15) is 5.58 Å². The smallest absolute Gasteiger partial charge is 0.289 e. The lowest BCUT2D eigenvalue weighted by molar-refractivity contribution is 0.0675. The van der Waals surface area contributed by atoms with Crippen molar-refractivity contribution in [2.24, 2.45) is 0 Å². The van der Waals surface area contributed by atoms with Gasteiger partial charge in [0.25, 0.3) is 5.91 Å². The number of hydrogen-bond donors (Lipinski definition) is 0. The molecule has 0 aliphatic carbocycles. The van der Waals surface area contributed by atoms with Gasteiger partial charge in [-0.25, -0.2) is 4.98 Å². The molecule has 1 fully saturated rings. The van der Waals surface area contributed by atoms with Gasteiger partial charge < -0.3 is 9.32 Å². The van der Waals surface area contributed by atoms with E-state index in [1.54, 1.807) is 46.7 Å². The highest BCUT2D eigenvalue weighted by Crippen LogP contribution is 2.29. The first-order chi connectivity index (χ1) is 11.7. The zero-order valence-corrected chi connectivity index (χ0v) is 13.8. The topological polar surface area (TPSA) is 63.4 Å². The van der Waals surface area contributed by atoms with Gasteiger partial charge in [-0.15, -0.1) is 11.3 Å². The van der Waals surface area contributed by atoms with Crippen LogP contribution in [0.2, 0.25) is 0 Å². The minimum atomic E-state index is -0.223. The highest BCUT2D eigenvalue weighted by molar-refractivity contribution is 7.09. The lowest BCUT2D eigenvalue weighted by Gasteiger charge is -2.31. The number of hydrogen-bond acceptors (Lipinski definition) is 5. The van der Waals surface area contributed by atoms with E-state index in [1.165, 1.54) is 6.07 Å². The number of amides is 1. The van der Waals surface area contributed by atoms with E-state index in [1.807, 2.05) is 5.38 Å². The summed E-state index contributed by atoms with van der Waals surface area (Å²) in [6.07, 6.45) is 3.75. The zero-order valence-electron chi connectivity index (χ0n) is 13.0. The predicted octanol–water partition coefficient (Wildman–Crippen LogP) is 3.27. The van der Waals surface area contributed by atoms with Gasteiger partial charge in [0, 0.05) is 36.7 Å². The van der Waals surface area contributed by atoms with Crippen LogP contribution in [-0.2, 0) is 0 Å². The van der Waals surface area contributed by atoms with Crippen molar-refractivity contribution in [3.63, 3.8) is 0 Å². The van der Waals surface area contributed by atoms with Crippen molar-refractivity contribution in [2.75, 3.05) is 13.1 Å². The van der Waals surface area contributed by atoms with Crippen molar-refractivity contribution in [1.29, 1.82) is 0 Å². The number of benzene rings is 1. The van der Waals surface area contributed by atoms with Gasteiger partial charge in [-0.2, -0.15) is 0 Å². The number of thiazole rings is 1. The number of aromatic nitrogens is 1. The minimum Gasteiger partial charge on any atom is -0.451 e. The predicted molar refractivity (Wildman–Crippen MR) is 92.5 cm³/mol. The Hall–Kier alpha value is -2.47. The van der Waals surface area contributed by atoms with E-state index in [2.05, 4.69) is 4.98 Å². The summed E-state index contributed by atoms with van der Waals surface area (Å²) in [7, 11) is 0. The molecule has 2 aromatic heterocycles. The average molecular weight is 340 g/mol. The molecule has 122 valence electrons. The van der Waals surface area contributed by atoms with Crippen LogP contribution in [0.3, 0.4) is 0 Å². The molecule has 1 amide bonds. The third kappa shape index (κ3) is 2.73. The van der Waals surface area contributed by atoms with Crippen molar-refractivity contribution in [2.45, 2.75) is 18.8 Å². The number of nitrogens with zero attached hydrogens (tertiary/aromatic N) is 2. The Morgan fingerprint density at radius 1 is 1.33 bits per heavy atom. The van der Waals surface area contributed by atoms with E-state index in [-0.39, 0.29) is 23.0 Å². The Morgan fingerprint density at radius 2 is 2.21 bits per heavy atom. The molecule has 1 aromatic carbocycles. The Morgan fingerprint density at radius 3 is 3.04 bits per heavy atom. The van der Waals surface area contributed by atoms with Crippen LogP contribution in [0.4, 0.5) is 0 Å². The monoisotopic (exact) mass is 340 g/mol. The van der Waals surface area contributed by atoms with E-state index in [4.69, 9.17) is 4.42 Å². The van der Waals surface area contributed by atoms with E-state index in [9.17, 15) is 9.59 Å². The van der Waals surface area contributed by atoms with E-state index in [0.29, 0.717) is 24.1 Å². The van der Waals surface area contributed by atoms with Crippen molar-refractivity contribution in [3.05, 3.63) is 62.9 Å². The van der Waals surface area contributed by atoms with Gasteiger partial charge in [0.15, 0.2) is 11.2 Å². The first-order valence-corrected chi connectivity index (χ1v) is 8.82. The summed E-state index contributed by atoms with van der Waals surface area (Å²) in [5.41, 5.74) is 0.260. The molecule has 3 heterocycles. The molecule has 0 spiro atoms. The largest absolute Gasteiger partial charge is 0.451 e. The number of carbonyl (C=O) groups is 1. The van der Waals surface area contributed by atoms with Gasteiger partial charge in [-0.1, -0.05) is 12.1 Å². The fourth-order valence-electron chi connectivity index (χ4n) is 3.16. The van der Waals surface area contributed by atoms with Crippen molar-refractivity contribution >= 4 is 28.2 Å². The summed E-state index contributed by atoms with van der Waals surface area (Å²) in [6.45, 7) is 1.29. The minimum absolute atomic E-state index is 0.110. The molecular weight excluding hydrogens is 324 g/mol. The molecule has 0 unspecified atom stereocenters. The normalized spacial score (nSPS) is 18.0. The van der Waals surface area contributed by atoms with Gasteiger partial charge in [-0.3, -0.25) is 9.59 Å². The van der Waals surface area contributed by atoms with Crippen molar-refractivity contribution < 1.29 is 9.21 Å². The Balaban J connectivity index is 1.62. The first kappa shape index (κ1) is 15.1. The number of carbonyl (C=O) groups excluding carboxylic acids is 1. The van der Waals surface area contributed by atoms with Crippen LogP contribution in [0.5, 0.6) is 0 Å². The van der Waals surface area contributed by atoms with Crippen LogP contribution in [0.15, 0.2) is 51.1 Å². The first-order valence-electron chi connectivity index (χ1n) is 7.94. The summed E-state index contributed by atoms with van der Waals surface area (Å²) in [6, 6.07) is 8.29. The molecule has 0 N–H and O–H groups in total. The number of likely N-dealkylation sites (tertiary alicyclic amines) is 1. The SMILES string of the molecule is O=C(c1cc(=O)c2ccccc2o1)N1CCC[C@@H](c2nccs2)C1. The molecule has 1 aliphatic rings. The van der Waals surface area contributed by atoms with Gasteiger partial charge >= 0.3 is 0 Å². The van der Waals surface area contributed by atoms with Gasteiger partial charge in [0.05, 0.1) is 10.4 Å². The maximum atomic E-state index is 12.8. The molecule has 0 radical (unpaired) electrons. The molecule has 24 heavy (non-hydrogen) atoms. The number of fused-ring (bicyclic) bond motifs is 1. The molecule has 4 rings (SSSR count). The molecule has 5 nitrogen and oxygen atoms in total. The van der Waals surface area contributed by atoms with Gasteiger partial charge in [0.2, 0.25) is 0 Å². The fourth-order valence-corrected chi connectivity index (χ4v) is 3.93. The van der Waals surface area contributed by atoms with Crippen LogP contribution in [-0.4, -0.2) is 28.9 Å². The van der Waals surface area contributed by atoms with Crippen LogP contribution in [0, 0.1) is 0 Å². The van der Waals surface area contributed by atoms with Crippen molar-refractivity contribution in [3.8, 4) is 0 Å². The molecule has 0 bridgehead atoms. The summed E-state index contributed by atoms with van der Waals surface area (Å²) < 4.78 is 5.68. The van der Waals surface area contributed by atoms with Crippen molar-refractivity contribution in [1.82, 2.24) is 9.88 Å². The highest BCUT2D eigenvalue weighted by Gasteiger charge is 2.28. The average Bonchev–Trinajstić information content (AvgIpc) is 3.16. The summed E-state index contributed by atoms with van der Waals surface area (Å²) in [4.78, 5) is 31.1. The molecular formula is C18H16N2O3S. The molecule has 1 aliphatic heterocycles. The second kappa shape index (κ2) is 6.20. The second-order valence-corrected chi connectivity index (χ2v) is 6.86. The summed E-state index contributed by atoms with van der Waals surface area (Å²) >= 11 is 1.62. The molecule has 6 heteroatoms. The molecule has 0 saturated carbocycles. The maximum Gasteiger partial charge on any atom is 0.289 e. The Labute approximate surface area is 142 Å². The van der Waals surface area contributed by atoms with Gasteiger partial charge in [-0.05, 0) is 25.0 Å². The number of para-hydroxylation sites is 1. The fraction of sp³-hybridized carbons (Fsp3) is 0.278. The number of piperidine rings is 1. The van der Waals surface area contributed by atoms with E-state index < -0.39 is 0 Å². The summed E-state index contributed by atoms with van der Waals surface area (Å²) in [5, 5.41) is 3.51. The Bertz CT molecular complexity index is 933. The van der Waals surface area contributed by atoms with Crippen LogP contribution in [0.1, 0.15) is 34.3 Å². The maximum absolute atomic E-state index is 12.8. The second-order valence-electron chi connectivity index (χ2n) is 5.93. The third-order valence-corrected chi connectivity index (χ3v) is 5.29. The lowest BCUT2D eigenvalue weighted by atomic mass is 9.98. The van der Waals surface area contributed by atoms with E-state index in [0.717, 1.165) is 17.8 Å². The standard InChI is InChI=1S/C18H16N2O3S/c21-14-10-16(23-15-6-2-1-5-13(14)15)18(22)20-8-3-4-12(11-20)17-19-7-9-24-17/h1-2,5-7,9-10,12H,3-4,8,11H2/t12-/m1/s1. The quantitative estimate of drug-likeness (QED) is 0.718. The zero-order chi connectivity index (χ0) is 16.5. The summed E-state index contributed by atoms with van der Waals surface area (Å²) in [5.74, 6) is 0.146. The third-order valence-electron chi connectivity index (χ3n) is 4.35. The van der Waals surface area contributed by atoms with Crippen LogP contribution in [0.25, 0.3) is 11.0 Å². The number of rotatable bonds is 2.